The highest BCUT2D eigenvalue weighted by atomic mass is 16.3. The second-order valence-electron chi connectivity index (χ2n) is 4.74. The predicted octanol–water partition coefficient (Wildman–Crippen LogP) is 3.09. The van der Waals surface area contributed by atoms with Gasteiger partial charge in [-0.25, -0.2) is 9.97 Å². The predicted molar refractivity (Wildman–Crippen MR) is 81.0 cm³/mol. The summed E-state index contributed by atoms with van der Waals surface area (Å²) in [6.45, 7) is 5.82. The molecule has 0 unspecified atom stereocenters. The first kappa shape index (κ1) is 14.4. The topological polar surface area (TPSA) is 54.2 Å². The van der Waals surface area contributed by atoms with Crippen molar-refractivity contribution < 1.29 is 4.42 Å². The van der Waals surface area contributed by atoms with Gasteiger partial charge in [0.2, 0.25) is 0 Å². The molecule has 20 heavy (non-hydrogen) atoms. The van der Waals surface area contributed by atoms with E-state index in [2.05, 4.69) is 34.0 Å². The average Bonchev–Trinajstić information content (AvgIpc) is 2.97. The van der Waals surface area contributed by atoms with Gasteiger partial charge in [0, 0.05) is 26.1 Å². The number of nitrogens with one attached hydrogen (secondary N) is 1. The summed E-state index contributed by atoms with van der Waals surface area (Å²) in [7, 11) is 2.01. The van der Waals surface area contributed by atoms with Gasteiger partial charge in [0.25, 0.3) is 0 Å². The Morgan fingerprint density at radius 2 is 2.15 bits per heavy atom. The molecule has 2 rings (SSSR count). The maximum atomic E-state index is 5.38. The van der Waals surface area contributed by atoms with Crippen molar-refractivity contribution in [2.24, 2.45) is 0 Å². The molecule has 2 aromatic heterocycles. The van der Waals surface area contributed by atoms with Crippen molar-refractivity contribution in [1.82, 2.24) is 9.97 Å². The summed E-state index contributed by atoms with van der Waals surface area (Å²) in [6.07, 6.45) is 3.58. The Labute approximate surface area is 120 Å². The van der Waals surface area contributed by atoms with E-state index in [0.29, 0.717) is 6.54 Å². The van der Waals surface area contributed by atoms with Gasteiger partial charge in [-0.2, -0.15) is 0 Å². The third-order valence-corrected chi connectivity index (χ3v) is 3.00. The molecule has 0 spiro atoms. The summed E-state index contributed by atoms with van der Waals surface area (Å²) in [5.41, 5.74) is 0. The highest BCUT2D eigenvalue weighted by Gasteiger charge is 2.09. The van der Waals surface area contributed by atoms with Crippen molar-refractivity contribution in [3.8, 4) is 0 Å². The lowest BCUT2D eigenvalue weighted by molar-refractivity contribution is 0.507. The van der Waals surface area contributed by atoms with Crippen LogP contribution < -0.4 is 10.2 Å². The zero-order valence-electron chi connectivity index (χ0n) is 12.4. The quantitative estimate of drug-likeness (QED) is 0.841. The van der Waals surface area contributed by atoms with Crippen LogP contribution in [0.4, 0.5) is 11.6 Å². The van der Waals surface area contributed by atoms with E-state index in [1.165, 1.54) is 0 Å². The number of anilines is 2. The molecular formula is C15H22N4O. The minimum Gasteiger partial charge on any atom is -0.467 e. The number of aromatic nitrogens is 2. The van der Waals surface area contributed by atoms with Gasteiger partial charge in [-0.1, -0.05) is 13.8 Å². The normalized spacial score (nSPS) is 10.6. The van der Waals surface area contributed by atoms with Crippen LogP contribution in [-0.4, -0.2) is 23.6 Å². The third kappa shape index (κ3) is 3.73. The number of nitrogens with zero attached hydrogens (tertiary/aromatic N) is 3. The van der Waals surface area contributed by atoms with Crippen LogP contribution >= 0.6 is 0 Å². The van der Waals surface area contributed by atoms with Crippen molar-refractivity contribution in [1.29, 1.82) is 0 Å². The van der Waals surface area contributed by atoms with Gasteiger partial charge in [-0.3, -0.25) is 0 Å². The van der Waals surface area contributed by atoms with Crippen LogP contribution in [-0.2, 0) is 13.0 Å². The fraction of sp³-hybridized carbons (Fsp3) is 0.467. The summed E-state index contributed by atoms with van der Waals surface area (Å²) in [4.78, 5) is 11.1. The summed E-state index contributed by atoms with van der Waals surface area (Å²) in [5, 5.41) is 3.32. The van der Waals surface area contributed by atoms with Gasteiger partial charge in [-0.05, 0) is 18.6 Å². The van der Waals surface area contributed by atoms with Crippen LogP contribution in [0, 0.1) is 0 Å². The lowest BCUT2D eigenvalue weighted by atomic mass is 10.3. The first-order valence-corrected chi connectivity index (χ1v) is 7.08. The highest BCUT2D eigenvalue weighted by molar-refractivity contribution is 5.49. The molecule has 0 aliphatic heterocycles. The first-order valence-electron chi connectivity index (χ1n) is 7.08. The van der Waals surface area contributed by atoms with Crippen LogP contribution in [0.5, 0.6) is 0 Å². The van der Waals surface area contributed by atoms with Crippen LogP contribution in [0.3, 0.4) is 0 Å². The van der Waals surface area contributed by atoms with Gasteiger partial charge in [0.15, 0.2) is 0 Å². The van der Waals surface area contributed by atoms with Gasteiger partial charge in [0.05, 0.1) is 12.8 Å². The molecule has 0 aliphatic rings. The summed E-state index contributed by atoms with van der Waals surface area (Å²) >= 11 is 0. The summed E-state index contributed by atoms with van der Waals surface area (Å²) in [5.74, 6) is 3.58. The highest BCUT2D eigenvalue weighted by Crippen LogP contribution is 2.17. The minimum absolute atomic E-state index is 0.695. The molecule has 0 aliphatic carbocycles. The minimum atomic E-state index is 0.695. The molecule has 108 valence electrons. The summed E-state index contributed by atoms with van der Waals surface area (Å²) in [6, 6.07) is 5.85. The second kappa shape index (κ2) is 6.93. The molecule has 0 bridgehead atoms. The second-order valence-corrected chi connectivity index (χ2v) is 4.74. The third-order valence-electron chi connectivity index (χ3n) is 3.00. The molecule has 0 atom stereocenters. The van der Waals surface area contributed by atoms with Crippen LogP contribution in [0.15, 0.2) is 28.9 Å². The smallest absolute Gasteiger partial charge is 0.134 e. The van der Waals surface area contributed by atoms with Crippen LogP contribution in [0.2, 0.25) is 0 Å². The Bertz CT molecular complexity index is 525. The van der Waals surface area contributed by atoms with E-state index in [0.717, 1.165) is 42.6 Å². The van der Waals surface area contributed by atoms with Crippen molar-refractivity contribution >= 4 is 11.6 Å². The molecule has 5 nitrogen and oxygen atoms in total. The molecule has 0 radical (unpaired) electrons. The lowest BCUT2D eigenvalue weighted by Crippen LogP contribution is -2.19. The van der Waals surface area contributed by atoms with E-state index in [1.807, 2.05) is 25.2 Å². The zero-order chi connectivity index (χ0) is 14.4. The summed E-state index contributed by atoms with van der Waals surface area (Å²) < 4.78 is 5.38. The van der Waals surface area contributed by atoms with E-state index in [4.69, 9.17) is 4.42 Å². The maximum Gasteiger partial charge on any atom is 0.134 e. The van der Waals surface area contributed by atoms with E-state index >= 15 is 0 Å². The van der Waals surface area contributed by atoms with Crippen LogP contribution in [0.25, 0.3) is 0 Å². The van der Waals surface area contributed by atoms with Gasteiger partial charge < -0.3 is 14.6 Å². The lowest BCUT2D eigenvalue weighted by Gasteiger charge is -2.18. The molecule has 0 saturated carbocycles. The van der Waals surface area contributed by atoms with Gasteiger partial charge >= 0.3 is 0 Å². The molecular weight excluding hydrogens is 252 g/mol. The maximum absolute atomic E-state index is 5.38. The van der Waals surface area contributed by atoms with Crippen molar-refractivity contribution in [2.75, 3.05) is 23.8 Å². The van der Waals surface area contributed by atoms with Crippen molar-refractivity contribution in [3.05, 3.63) is 36.0 Å². The Morgan fingerprint density at radius 1 is 1.30 bits per heavy atom. The Balaban J connectivity index is 2.16. The van der Waals surface area contributed by atoms with E-state index in [9.17, 15) is 0 Å². The molecule has 2 heterocycles. The largest absolute Gasteiger partial charge is 0.467 e. The van der Waals surface area contributed by atoms with E-state index < -0.39 is 0 Å². The molecule has 0 amide bonds. The monoisotopic (exact) mass is 274 g/mol. The average molecular weight is 274 g/mol. The standard InChI is InChI=1S/C15H22N4O/c1-4-8-16-14-10-15(18-13(5-2)17-14)19(3)11-12-7-6-9-20-12/h6-7,9-10H,4-5,8,11H2,1-3H3,(H,16,17,18). The van der Waals surface area contributed by atoms with E-state index in [1.54, 1.807) is 6.26 Å². The number of aryl methyl sites for hydroxylation is 1. The molecule has 2 aromatic rings. The molecule has 1 N–H and O–H groups in total. The Morgan fingerprint density at radius 3 is 2.80 bits per heavy atom. The van der Waals surface area contributed by atoms with Crippen LogP contribution in [0.1, 0.15) is 31.9 Å². The van der Waals surface area contributed by atoms with Crippen molar-refractivity contribution in [2.45, 2.75) is 33.2 Å². The van der Waals surface area contributed by atoms with Gasteiger partial charge in [-0.15, -0.1) is 0 Å². The zero-order valence-corrected chi connectivity index (χ0v) is 12.4. The Kier molecular flexibility index (Phi) is 4.98. The molecule has 5 heteroatoms. The number of hydrogen-bond donors (Lipinski definition) is 1. The van der Waals surface area contributed by atoms with Gasteiger partial charge in [0.1, 0.15) is 23.2 Å². The van der Waals surface area contributed by atoms with Crippen molar-refractivity contribution in [3.63, 3.8) is 0 Å². The number of hydrogen-bond acceptors (Lipinski definition) is 5. The SMILES string of the molecule is CCCNc1cc(N(C)Cc2ccco2)nc(CC)n1. The first-order chi connectivity index (χ1) is 9.72. The molecule has 0 fully saturated rings. The fourth-order valence-corrected chi connectivity index (χ4v) is 1.90. The number of furan rings is 1. The molecule has 0 aromatic carbocycles. The Hall–Kier alpha value is -2.04. The fourth-order valence-electron chi connectivity index (χ4n) is 1.90. The molecule has 0 saturated heterocycles. The van der Waals surface area contributed by atoms with E-state index in [-0.39, 0.29) is 0 Å². The number of rotatable bonds is 7.